The lowest BCUT2D eigenvalue weighted by Crippen LogP contribution is -2.21. The minimum Gasteiger partial charge on any atom is -0.295 e. The highest BCUT2D eigenvalue weighted by Gasteiger charge is 2.26. The van der Waals surface area contributed by atoms with Crippen molar-refractivity contribution in [2.45, 2.75) is 26.7 Å². The first-order valence-electron chi connectivity index (χ1n) is 6.12. The molecule has 1 aromatic rings. The molecular weight excluding hydrogens is 288 g/mol. The van der Waals surface area contributed by atoms with Gasteiger partial charge in [0.25, 0.3) is 0 Å². The van der Waals surface area contributed by atoms with Crippen LogP contribution in [0.15, 0.2) is 46.5 Å². The zero-order chi connectivity index (χ0) is 13.2. The predicted molar refractivity (Wildman–Crippen MR) is 79.3 cm³/mol. The maximum absolute atomic E-state index is 11.6. The van der Waals surface area contributed by atoms with Gasteiger partial charge >= 0.3 is 0 Å². The van der Waals surface area contributed by atoms with Crippen LogP contribution in [-0.2, 0) is 4.79 Å². The number of rotatable bonds is 2. The van der Waals surface area contributed by atoms with Crippen molar-refractivity contribution in [1.29, 1.82) is 0 Å². The summed E-state index contributed by atoms with van der Waals surface area (Å²) in [7, 11) is 0. The standard InChI is InChI=1S/C16H17BrO/c1-16(2)10-12(9-14(18)11-16)7-8-13-5-3-4-6-15(13)17/h3-9H,10-11H2,1-2H3/b8-7+. The van der Waals surface area contributed by atoms with Crippen LogP contribution in [0, 0.1) is 5.41 Å². The molecule has 0 heterocycles. The van der Waals surface area contributed by atoms with Crippen LogP contribution in [0.5, 0.6) is 0 Å². The van der Waals surface area contributed by atoms with Crippen molar-refractivity contribution in [2.75, 3.05) is 0 Å². The minimum atomic E-state index is 0.0828. The molecule has 1 nitrogen and oxygen atoms in total. The number of allylic oxidation sites excluding steroid dienone is 3. The third-order valence-electron chi connectivity index (χ3n) is 3.06. The Bertz CT molecular complexity index is 524. The monoisotopic (exact) mass is 304 g/mol. The highest BCUT2D eigenvalue weighted by molar-refractivity contribution is 9.10. The van der Waals surface area contributed by atoms with E-state index in [2.05, 4.69) is 48.0 Å². The number of carbonyl (C=O) groups excluding carboxylic acids is 1. The first kappa shape index (κ1) is 13.3. The highest BCUT2D eigenvalue weighted by Crippen LogP contribution is 2.34. The maximum atomic E-state index is 11.6. The third kappa shape index (κ3) is 3.42. The molecule has 1 aromatic carbocycles. The summed E-state index contributed by atoms with van der Waals surface area (Å²) >= 11 is 3.52. The van der Waals surface area contributed by atoms with Gasteiger partial charge in [0.1, 0.15) is 0 Å². The largest absolute Gasteiger partial charge is 0.295 e. The van der Waals surface area contributed by atoms with E-state index in [1.165, 1.54) is 0 Å². The second kappa shape index (κ2) is 5.23. The zero-order valence-corrected chi connectivity index (χ0v) is 12.3. The molecule has 0 aliphatic heterocycles. The summed E-state index contributed by atoms with van der Waals surface area (Å²) in [5.74, 6) is 0.234. The Labute approximate surface area is 117 Å². The molecule has 94 valence electrons. The molecule has 1 aliphatic carbocycles. The highest BCUT2D eigenvalue weighted by atomic mass is 79.9. The molecular formula is C16H17BrO. The molecule has 0 atom stereocenters. The SMILES string of the molecule is CC1(C)CC(=O)C=C(/C=C/c2ccccc2Br)C1. The molecule has 1 aliphatic rings. The van der Waals surface area contributed by atoms with Gasteiger partial charge in [0.2, 0.25) is 0 Å². The van der Waals surface area contributed by atoms with Gasteiger partial charge in [0.15, 0.2) is 5.78 Å². The number of halogens is 1. The normalized spacial score (nSPS) is 19.1. The molecule has 0 fully saturated rings. The summed E-state index contributed by atoms with van der Waals surface area (Å²) in [4.78, 5) is 11.6. The fraction of sp³-hybridized carbons (Fsp3) is 0.312. The van der Waals surface area contributed by atoms with Crippen molar-refractivity contribution in [1.82, 2.24) is 0 Å². The van der Waals surface area contributed by atoms with Crippen LogP contribution in [0.2, 0.25) is 0 Å². The van der Waals surface area contributed by atoms with Crippen LogP contribution < -0.4 is 0 Å². The van der Waals surface area contributed by atoms with Crippen molar-refractivity contribution in [2.24, 2.45) is 5.41 Å². The molecule has 0 aromatic heterocycles. The Morgan fingerprint density at radius 1 is 1.17 bits per heavy atom. The van der Waals surface area contributed by atoms with E-state index < -0.39 is 0 Å². The average Bonchev–Trinajstić information content (AvgIpc) is 2.25. The zero-order valence-electron chi connectivity index (χ0n) is 10.7. The van der Waals surface area contributed by atoms with Crippen molar-refractivity contribution in [3.05, 3.63) is 52.0 Å². The van der Waals surface area contributed by atoms with Gasteiger partial charge in [-0.3, -0.25) is 4.79 Å². The van der Waals surface area contributed by atoms with E-state index in [9.17, 15) is 4.79 Å². The number of hydrogen-bond donors (Lipinski definition) is 0. The van der Waals surface area contributed by atoms with Crippen LogP contribution in [0.1, 0.15) is 32.3 Å². The van der Waals surface area contributed by atoms with E-state index in [0.29, 0.717) is 6.42 Å². The lowest BCUT2D eigenvalue weighted by Gasteiger charge is -2.27. The van der Waals surface area contributed by atoms with Gasteiger partial charge < -0.3 is 0 Å². The van der Waals surface area contributed by atoms with E-state index in [1.807, 2.05) is 18.2 Å². The van der Waals surface area contributed by atoms with E-state index >= 15 is 0 Å². The first-order chi connectivity index (χ1) is 8.46. The molecule has 0 N–H and O–H groups in total. The van der Waals surface area contributed by atoms with Crippen LogP contribution >= 0.6 is 15.9 Å². The topological polar surface area (TPSA) is 17.1 Å². The second-order valence-electron chi connectivity index (χ2n) is 5.56. The molecule has 2 rings (SSSR count). The van der Waals surface area contributed by atoms with Gasteiger partial charge in [-0.2, -0.15) is 0 Å². The number of benzene rings is 1. The summed E-state index contributed by atoms with van der Waals surface area (Å²) in [6.45, 7) is 4.29. The lowest BCUT2D eigenvalue weighted by molar-refractivity contribution is -0.116. The Morgan fingerprint density at radius 3 is 2.56 bits per heavy atom. The van der Waals surface area contributed by atoms with Gasteiger partial charge in [-0.15, -0.1) is 0 Å². The Hall–Kier alpha value is -1.15. The lowest BCUT2D eigenvalue weighted by atomic mass is 9.77. The van der Waals surface area contributed by atoms with Crippen molar-refractivity contribution in [3.8, 4) is 0 Å². The minimum absolute atomic E-state index is 0.0828. The van der Waals surface area contributed by atoms with E-state index in [-0.39, 0.29) is 11.2 Å². The summed E-state index contributed by atoms with van der Waals surface area (Å²) in [5.41, 5.74) is 2.33. The quantitative estimate of drug-likeness (QED) is 0.768. The average molecular weight is 305 g/mol. The van der Waals surface area contributed by atoms with Gasteiger partial charge in [0, 0.05) is 10.9 Å². The molecule has 0 radical (unpaired) electrons. The molecule has 0 spiro atoms. The fourth-order valence-corrected chi connectivity index (χ4v) is 2.73. The molecule has 0 amide bonds. The molecule has 0 bridgehead atoms. The van der Waals surface area contributed by atoms with E-state index in [1.54, 1.807) is 6.08 Å². The van der Waals surface area contributed by atoms with Gasteiger partial charge in [-0.25, -0.2) is 0 Å². The molecule has 18 heavy (non-hydrogen) atoms. The summed E-state index contributed by atoms with van der Waals surface area (Å²) < 4.78 is 1.07. The van der Waals surface area contributed by atoms with Crippen molar-refractivity contribution < 1.29 is 4.79 Å². The Balaban J connectivity index is 2.20. The van der Waals surface area contributed by atoms with E-state index in [4.69, 9.17) is 0 Å². The molecule has 0 saturated heterocycles. The molecule has 0 unspecified atom stereocenters. The summed E-state index contributed by atoms with van der Waals surface area (Å²) in [6.07, 6.45) is 7.50. The summed E-state index contributed by atoms with van der Waals surface area (Å²) in [5, 5.41) is 0. The van der Waals surface area contributed by atoms with E-state index in [0.717, 1.165) is 22.0 Å². The van der Waals surface area contributed by atoms with Crippen LogP contribution in [0.25, 0.3) is 6.08 Å². The third-order valence-corrected chi connectivity index (χ3v) is 3.79. The Morgan fingerprint density at radius 2 is 1.89 bits per heavy atom. The van der Waals surface area contributed by atoms with Gasteiger partial charge in [-0.05, 0) is 35.1 Å². The van der Waals surface area contributed by atoms with Gasteiger partial charge in [0.05, 0.1) is 0 Å². The Kier molecular flexibility index (Phi) is 3.86. The fourth-order valence-electron chi connectivity index (χ4n) is 2.31. The molecule has 0 saturated carbocycles. The predicted octanol–water partition coefficient (Wildman–Crippen LogP) is 4.78. The number of carbonyl (C=O) groups is 1. The smallest absolute Gasteiger partial charge is 0.156 e. The second-order valence-corrected chi connectivity index (χ2v) is 6.41. The van der Waals surface area contributed by atoms with Crippen LogP contribution in [0.4, 0.5) is 0 Å². The maximum Gasteiger partial charge on any atom is 0.156 e. The van der Waals surface area contributed by atoms with Gasteiger partial charge in [-0.1, -0.05) is 60.1 Å². The molecule has 2 heteroatoms. The number of ketones is 1. The first-order valence-corrected chi connectivity index (χ1v) is 6.92. The summed E-state index contributed by atoms with van der Waals surface area (Å²) in [6, 6.07) is 8.07. The van der Waals surface area contributed by atoms with Crippen LogP contribution in [0.3, 0.4) is 0 Å². The van der Waals surface area contributed by atoms with Crippen molar-refractivity contribution in [3.63, 3.8) is 0 Å². The van der Waals surface area contributed by atoms with Crippen LogP contribution in [-0.4, -0.2) is 5.78 Å². The number of hydrogen-bond acceptors (Lipinski definition) is 1. The van der Waals surface area contributed by atoms with Crippen molar-refractivity contribution >= 4 is 27.8 Å².